The summed E-state index contributed by atoms with van der Waals surface area (Å²) in [6.45, 7) is 0.933. The topological polar surface area (TPSA) is 48.0 Å². The summed E-state index contributed by atoms with van der Waals surface area (Å²) < 4.78 is 13.6. The molecule has 1 aromatic heterocycles. The minimum Gasteiger partial charge on any atom is -0.387 e. The second-order valence-corrected chi connectivity index (χ2v) is 5.02. The lowest BCUT2D eigenvalue weighted by Crippen LogP contribution is -2.21. The zero-order chi connectivity index (χ0) is 14.7. The molecule has 0 saturated carbocycles. The molecule has 3 rings (SSSR count). The summed E-state index contributed by atoms with van der Waals surface area (Å²) in [5.74, 6) is -0.375. The minimum atomic E-state index is -0.850. The lowest BCUT2D eigenvalue weighted by molar-refractivity contribution is 0.170. The summed E-state index contributed by atoms with van der Waals surface area (Å²) in [5.41, 5.74) is 2.56. The van der Waals surface area contributed by atoms with E-state index in [0.29, 0.717) is 18.7 Å². The summed E-state index contributed by atoms with van der Waals surface area (Å²) in [4.78, 5) is 3.17. The van der Waals surface area contributed by atoms with Gasteiger partial charge in [-0.2, -0.15) is 0 Å². The molecule has 3 N–H and O–H groups in total. The molecule has 0 aliphatic carbocycles. The number of H-pyrrole nitrogens is 1. The fraction of sp³-hybridized carbons (Fsp3) is 0.176. The average Bonchev–Trinajstić information content (AvgIpc) is 2.97. The van der Waals surface area contributed by atoms with Crippen LogP contribution in [0.25, 0.3) is 10.9 Å². The predicted molar refractivity (Wildman–Crippen MR) is 81.4 cm³/mol. The van der Waals surface area contributed by atoms with Crippen molar-refractivity contribution in [2.75, 3.05) is 6.54 Å². The number of halogens is 1. The molecule has 0 bridgehead atoms. The maximum Gasteiger partial charge on any atom is 0.129 e. The van der Waals surface area contributed by atoms with Gasteiger partial charge in [0.05, 0.1) is 6.10 Å². The van der Waals surface area contributed by atoms with Crippen LogP contribution in [0.2, 0.25) is 0 Å². The van der Waals surface area contributed by atoms with Gasteiger partial charge in [0.15, 0.2) is 0 Å². The van der Waals surface area contributed by atoms with E-state index in [4.69, 9.17) is 0 Å². The number of benzene rings is 2. The average molecular weight is 284 g/mol. The molecular formula is C17H17FN2O. The monoisotopic (exact) mass is 284 g/mol. The smallest absolute Gasteiger partial charge is 0.129 e. The third kappa shape index (κ3) is 2.96. The minimum absolute atomic E-state index is 0.307. The summed E-state index contributed by atoms with van der Waals surface area (Å²) in [6.07, 6.45) is 1.05. The molecule has 4 heteroatoms. The Kier molecular flexibility index (Phi) is 3.99. The Bertz CT molecular complexity index is 738. The van der Waals surface area contributed by atoms with Crippen molar-refractivity contribution in [3.05, 3.63) is 71.7 Å². The molecule has 1 unspecified atom stereocenters. The zero-order valence-electron chi connectivity index (χ0n) is 11.5. The Morgan fingerprint density at radius 1 is 1.10 bits per heavy atom. The number of aliphatic hydroxyl groups excluding tert-OH is 1. The quantitative estimate of drug-likeness (QED) is 0.674. The van der Waals surface area contributed by atoms with Crippen LogP contribution in [0.15, 0.2) is 54.7 Å². The van der Waals surface area contributed by atoms with Gasteiger partial charge in [-0.15, -0.1) is 0 Å². The van der Waals surface area contributed by atoms with Gasteiger partial charge >= 0.3 is 0 Å². The summed E-state index contributed by atoms with van der Waals surface area (Å²) >= 11 is 0. The van der Waals surface area contributed by atoms with Crippen LogP contribution in [0.3, 0.4) is 0 Å². The Morgan fingerprint density at radius 3 is 2.81 bits per heavy atom. The van der Waals surface area contributed by atoms with Crippen molar-refractivity contribution in [3.8, 4) is 0 Å². The lowest BCUT2D eigenvalue weighted by Gasteiger charge is -2.13. The zero-order valence-corrected chi connectivity index (χ0v) is 11.5. The van der Waals surface area contributed by atoms with E-state index in [-0.39, 0.29) is 5.82 Å². The van der Waals surface area contributed by atoms with E-state index < -0.39 is 6.10 Å². The number of aromatic amines is 1. The van der Waals surface area contributed by atoms with Gasteiger partial charge in [0, 0.05) is 35.8 Å². The molecule has 3 aromatic rings. The number of nitrogens with one attached hydrogen (secondary N) is 2. The Labute approximate surface area is 122 Å². The standard InChI is InChI=1S/C17H17FN2O/c18-15-6-2-1-5-14(15)17(21)11-19-10-12-4-3-7-16-13(12)8-9-20-16/h1-9,17,19-21H,10-11H2. The van der Waals surface area contributed by atoms with Gasteiger partial charge in [0.25, 0.3) is 0 Å². The van der Waals surface area contributed by atoms with Crippen LogP contribution in [-0.4, -0.2) is 16.6 Å². The van der Waals surface area contributed by atoms with Crippen LogP contribution < -0.4 is 5.32 Å². The Hall–Kier alpha value is -2.17. The normalized spacial score (nSPS) is 12.7. The van der Waals surface area contributed by atoms with E-state index in [9.17, 15) is 9.50 Å². The maximum atomic E-state index is 13.6. The molecule has 0 aliphatic heterocycles. The van der Waals surface area contributed by atoms with Gasteiger partial charge < -0.3 is 15.4 Å². The van der Waals surface area contributed by atoms with Gasteiger partial charge in [-0.1, -0.05) is 30.3 Å². The Balaban J connectivity index is 1.64. The van der Waals surface area contributed by atoms with Crippen molar-refractivity contribution >= 4 is 10.9 Å². The number of aliphatic hydroxyl groups is 1. The first-order valence-electron chi connectivity index (χ1n) is 6.94. The van der Waals surface area contributed by atoms with E-state index in [2.05, 4.69) is 10.3 Å². The second kappa shape index (κ2) is 6.08. The first-order chi connectivity index (χ1) is 10.3. The summed E-state index contributed by atoms with van der Waals surface area (Å²) in [6, 6.07) is 14.4. The lowest BCUT2D eigenvalue weighted by atomic mass is 10.1. The van der Waals surface area contributed by atoms with Gasteiger partial charge in [-0.3, -0.25) is 0 Å². The molecule has 0 saturated heterocycles. The van der Waals surface area contributed by atoms with E-state index in [1.54, 1.807) is 18.2 Å². The first kappa shape index (κ1) is 13.8. The molecule has 0 spiro atoms. The maximum absolute atomic E-state index is 13.6. The van der Waals surface area contributed by atoms with Crippen LogP contribution in [0, 0.1) is 5.82 Å². The van der Waals surface area contributed by atoms with Crippen LogP contribution in [0.5, 0.6) is 0 Å². The third-order valence-electron chi connectivity index (χ3n) is 3.60. The van der Waals surface area contributed by atoms with Gasteiger partial charge in [-0.05, 0) is 23.8 Å². The van der Waals surface area contributed by atoms with Crippen molar-refractivity contribution < 1.29 is 9.50 Å². The summed E-state index contributed by atoms with van der Waals surface area (Å²) in [5, 5.41) is 14.4. The fourth-order valence-electron chi connectivity index (χ4n) is 2.50. The largest absolute Gasteiger partial charge is 0.387 e. The van der Waals surface area contributed by atoms with Crippen LogP contribution in [-0.2, 0) is 6.54 Å². The van der Waals surface area contributed by atoms with Crippen LogP contribution in [0.1, 0.15) is 17.2 Å². The third-order valence-corrected chi connectivity index (χ3v) is 3.60. The van der Waals surface area contributed by atoms with E-state index in [1.807, 2.05) is 30.5 Å². The highest BCUT2D eigenvalue weighted by Crippen LogP contribution is 2.18. The molecule has 0 aliphatic rings. The van der Waals surface area contributed by atoms with Crippen LogP contribution in [0.4, 0.5) is 4.39 Å². The Morgan fingerprint density at radius 2 is 1.95 bits per heavy atom. The van der Waals surface area contributed by atoms with Crippen molar-refractivity contribution in [1.29, 1.82) is 0 Å². The molecular weight excluding hydrogens is 267 g/mol. The van der Waals surface area contributed by atoms with Crippen LogP contribution >= 0.6 is 0 Å². The van der Waals surface area contributed by atoms with Gasteiger partial charge in [0.2, 0.25) is 0 Å². The highest BCUT2D eigenvalue weighted by atomic mass is 19.1. The molecule has 0 amide bonds. The first-order valence-corrected chi connectivity index (χ1v) is 6.94. The van der Waals surface area contributed by atoms with Crippen molar-refractivity contribution in [3.63, 3.8) is 0 Å². The van der Waals surface area contributed by atoms with Crippen molar-refractivity contribution in [1.82, 2.24) is 10.3 Å². The number of hydrogen-bond acceptors (Lipinski definition) is 2. The van der Waals surface area contributed by atoms with Crippen molar-refractivity contribution in [2.24, 2.45) is 0 Å². The molecule has 0 radical (unpaired) electrons. The second-order valence-electron chi connectivity index (χ2n) is 5.02. The highest BCUT2D eigenvalue weighted by molar-refractivity contribution is 5.82. The summed E-state index contributed by atoms with van der Waals surface area (Å²) in [7, 11) is 0. The highest BCUT2D eigenvalue weighted by Gasteiger charge is 2.11. The molecule has 21 heavy (non-hydrogen) atoms. The number of aromatic nitrogens is 1. The van der Waals surface area contributed by atoms with Gasteiger partial charge in [0.1, 0.15) is 5.82 Å². The predicted octanol–water partition coefficient (Wildman–Crippen LogP) is 3.13. The number of fused-ring (bicyclic) bond motifs is 1. The van der Waals surface area contributed by atoms with Crippen molar-refractivity contribution in [2.45, 2.75) is 12.6 Å². The van der Waals surface area contributed by atoms with E-state index in [0.717, 1.165) is 16.5 Å². The number of hydrogen-bond donors (Lipinski definition) is 3. The fourth-order valence-corrected chi connectivity index (χ4v) is 2.50. The molecule has 108 valence electrons. The van der Waals surface area contributed by atoms with E-state index in [1.165, 1.54) is 6.07 Å². The number of rotatable bonds is 5. The van der Waals surface area contributed by atoms with E-state index >= 15 is 0 Å². The van der Waals surface area contributed by atoms with Gasteiger partial charge in [-0.25, -0.2) is 4.39 Å². The molecule has 2 aromatic carbocycles. The molecule has 1 heterocycles. The molecule has 1 atom stereocenters. The molecule has 3 nitrogen and oxygen atoms in total. The molecule has 0 fully saturated rings. The SMILES string of the molecule is OC(CNCc1cccc2[nH]ccc12)c1ccccc1F.